The van der Waals surface area contributed by atoms with Gasteiger partial charge in [0, 0.05) is 22.0 Å². The molecule has 1 aliphatic rings. The number of rotatable bonds is 1. The molecule has 2 heterocycles. The third-order valence-corrected chi connectivity index (χ3v) is 4.61. The summed E-state index contributed by atoms with van der Waals surface area (Å²) in [5, 5.41) is 2.17. The highest BCUT2D eigenvalue weighted by atomic mass is 27.0. The Balaban J connectivity index is 2.22. The monoisotopic (exact) mass is 289 g/mol. The molecule has 2 nitrogen and oxygen atoms in total. The van der Waals surface area contributed by atoms with Gasteiger partial charge in [0.2, 0.25) is 0 Å². The van der Waals surface area contributed by atoms with Crippen LogP contribution in [-0.2, 0) is 11.0 Å². The Labute approximate surface area is 132 Å². The molecule has 1 aromatic heterocycles. The van der Waals surface area contributed by atoms with Crippen molar-refractivity contribution in [3.05, 3.63) is 54.2 Å². The van der Waals surface area contributed by atoms with Gasteiger partial charge >= 0.3 is 0 Å². The van der Waals surface area contributed by atoms with Crippen LogP contribution in [0.25, 0.3) is 22.0 Å². The Kier molecular flexibility index (Phi) is 2.73. The van der Waals surface area contributed by atoms with Gasteiger partial charge in [0.1, 0.15) is 11.4 Å². The van der Waals surface area contributed by atoms with Crippen LogP contribution in [0.4, 0.5) is 0 Å². The van der Waals surface area contributed by atoms with Crippen LogP contribution >= 0.6 is 0 Å². The number of para-hydroxylation sites is 2. The number of hydrogen-bond acceptors (Lipinski definition) is 1. The molecule has 0 spiro atoms. The van der Waals surface area contributed by atoms with E-state index >= 15 is 0 Å². The molecule has 2 radical (unpaired) electrons. The molecule has 0 unspecified atom stereocenters. The summed E-state index contributed by atoms with van der Waals surface area (Å²) < 4.78 is 8.64. The molecule has 0 saturated carbocycles. The van der Waals surface area contributed by atoms with E-state index in [1.807, 2.05) is 6.07 Å². The molecule has 0 saturated heterocycles. The van der Waals surface area contributed by atoms with E-state index in [4.69, 9.17) is 4.74 Å². The Bertz CT molecular complexity index is 848. The highest BCUT2D eigenvalue weighted by Crippen LogP contribution is 2.49. The summed E-state index contributed by atoms with van der Waals surface area (Å²) in [6.45, 7) is 4.30. The molecule has 0 N–H and O–H groups in total. The number of aromatic nitrogens is 1. The van der Waals surface area contributed by atoms with Crippen LogP contribution < -0.4 is 4.74 Å². The average Bonchev–Trinajstić information content (AvgIpc) is 2.83. The van der Waals surface area contributed by atoms with Crippen molar-refractivity contribution < 1.29 is 4.74 Å². The first kappa shape index (κ1) is 13.0. The predicted molar refractivity (Wildman–Crippen MR) is 86.8 cm³/mol. The van der Waals surface area contributed by atoms with Crippen LogP contribution in [0.1, 0.15) is 19.5 Å². The second kappa shape index (κ2) is 4.40. The summed E-state index contributed by atoms with van der Waals surface area (Å²) in [7, 11) is 0. The maximum absolute atomic E-state index is 6.29. The van der Waals surface area contributed by atoms with Crippen molar-refractivity contribution >= 4 is 27.2 Å². The lowest BCUT2D eigenvalue weighted by Crippen LogP contribution is -2.32. The molecule has 2 aromatic carbocycles. The lowest BCUT2D eigenvalue weighted by atomic mass is 9.90. The molecule has 4 rings (SSSR count). The normalized spacial score (nSPS) is 15.3. The quantitative estimate of drug-likeness (QED) is 0.616. The van der Waals surface area contributed by atoms with E-state index < -0.39 is 0 Å². The van der Waals surface area contributed by atoms with E-state index in [0.29, 0.717) is 0 Å². The Morgan fingerprint density at radius 1 is 1.05 bits per heavy atom. The van der Waals surface area contributed by atoms with E-state index in [-0.39, 0.29) is 5.60 Å². The minimum absolute atomic E-state index is 0.334. The van der Waals surface area contributed by atoms with E-state index in [1.165, 1.54) is 27.7 Å². The molecule has 21 heavy (non-hydrogen) atoms. The zero-order chi connectivity index (χ0) is 14.6. The third-order valence-electron chi connectivity index (χ3n) is 4.25. The summed E-state index contributed by atoms with van der Waals surface area (Å²) in [5.74, 6) is 0.974. The first-order valence-corrected chi connectivity index (χ1v) is 8.05. The SMILES string of the molecule is CC1(C)Oc2ccccc2-c2c1n([CH2][Al])c1ccccc21. The van der Waals surface area contributed by atoms with Crippen molar-refractivity contribution in [3.8, 4) is 16.9 Å². The summed E-state index contributed by atoms with van der Waals surface area (Å²) in [6.07, 6.45) is 0. The first-order valence-electron chi connectivity index (χ1n) is 7.23. The molecule has 0 amide bonds. The van der Waals surface area contributed by atoms with Crippen LogP contribution in [-0.4, -0.2) is 20.9 Å². The van der Waals surface area contributed by atoms with E-state index in [2.05, 4.69) is 77.2 Å². The van der Waals surface area contributed by atoms with E-state index in [9.17, 15) is 0 Å². The third kappa shape index (κ3) is 1.71. The fourth-order valence-corrected chi connectivity index (χ4v) is 3.86. The van der Waals surface area contributed by atoms with Crippen molar-refractivity contribution in [2.24, 2.45) is 0 Å². The molecule has 0 aliphatic carbocycles. The minimum atomic E-state index is -0.334. The summed E-state index contributed by atoms with van der Waals surface area (Å²) in [5.41, 5.74) is 4.71. The maximum Gasteiger partial charge on any atom is 0.154 e. The zero-order valence-corrected chi connectivity index (χ0v) is 13.4. The van der Waals surface area contributed by atoms with Gasteiger partial charge in [0.25, 0.3) is 0 Å². The van der Waals surface area contributed by atoms with Gasteiger partial charge in [-0.1, -0.05) is 41.8 Å². The Morgan fingerprint density at radius 2 is 1.76 bits per heavy atom. The maximum atomic E-state index is 6.29. The number of hydrogen-bond donors (Lipinski definition) is 0. The largest absolute Gasteiger partial charge is 0.481 e. The lowest BCUT2D eigenvalue weighted by molar-refractivity contribution is 0.0976. The molecule has 0 bridgehead atoms. The van der Waals surface area contributed by atoms with Crippen molar-refractivity contribution in [1.29, 1.82) is 0 Å². The number of nitrogens with zero attached hydrogens (tertiary/aromatic N) is 1. The standard InChI is InChI=1S/C18H16NO.Al/c1-18(2)17-16(13-9-5-7-11-15(13)20-18)12-8-4-6-10-14(12)19(17)3;/h4-11H,3H2,1-2H3;. The van der Waals surface area contributed by atoms with Crippen LogP contribution in [0.2, 0.25) is 0 Å². The number of ether oxygens (including phenoxy) is 1. The van der Waals surface area contributed by atoms with Gasteiger partial charge in [-0.05, 0) is 26.0 Å². The molecular weight excluding hydrogens is 273 g/mol. The second-order valence-corrected chi connectivity index (χ2v) is 6.33. The molecule has 3 aromatic rings. The lowest BCUT2D eigenvalue weighted by Gasteiger charge is -2.34. The van der Waals surface area contributed by atoms with Crippen LogP contribution in [0.15, 0.2) is 48.5 Å². The Morgan fingerprint density at radius 3 is 2.57 bits per heavy atom. The minimum Gasteiger partial charge on any atom is -0.481 e. The van der Waals surface area contributed by atoms with Crippen molar-refractivity contribution in [2.75, 3.05) is 0 Å². The number of benzene rings is 2. The van der Waals surface area contributed by atoms with Crippen molar-refractivity contribution in [3.63, 3.8) is 0 Å². The van der Waals surface area contributed by atoms with Gasteiger partial charge in [-0.15, -0.1) is 0 Å². The van der Waals surface area contributed by atoms with Crippen LogP contribution in [0.3, 0.4) is 0 Å². The molecular formula is C18H16AlNO. The topological polar surface area (TPSA) is 14.2 Å². The van der Waals surface area contributed by atoms with Gasteiger partial charge in [0.15, 0.2) is 16.3 Å². The van der Waals surface area contributed by atoms with Gasteiger partial charge in [0.05, 0.1) is 5.69 Å². The van der Waals surface area contributed by atoms with Gasteiger partial charge in [-0.3, -0.25) is 0 Å². The molecule has 0 atom stereocenters. The summed E-state index contributed by atoms with van der Waals surface area (Å²) in [4.78, 5) is 0. The van der Waals surface area contributed by atoms with Crippen LogP contribution in [0, 0.1) is 0 Å². The van der Waals surface area contributed by atoms with Gasteiger partial charge < -0.3 is 9.30 Å². The average molecular weight is 289 g/mol. The molecule has 1 aliphatic heterocycles. The smallest absolute Gasteiger partial charge is 0.154 e. The fraction of sp³-hybridized carbons (Fsp3) is 0.222. The predicted octanol–water partition coefficient (Wildman–Crippen LogP) is 4.06. The Hall–Kier alpha value is -1.69. The van der Waals surface area contributed by atoms with Crippen molar-refractivity contribution in [2.45, 2.75) is 24.9 Å². The highest BCUT2D eigenvalue weighted by molar-refractivity contribution is 6.08. The highest BCUT2D eigenvalue weighted by Gasteiger charge is 2.37. The van der Waals surface area contributed by atoms with Crippen molar-refractivity contribution in [1.82, 2.24) is 4.57 Å². The van der Waals surface area contributed by atoms with Gasteiger partial charge in [-0.2, -0.15) is 0 Å². The van der Waals surface area contributed by atoms with E-state index in [1.54, 1.807) is 0 Å². The molecule has 0 fully saturated rings. The fourth-order valence-electron chi connectivity index (χ4n) is 3.48. The molecule has 3 heteroatoms. The zero-order valence-electron chi connectivity index (χ0n) is 12.3. The summed E-state index contributed by atoms with van der Waals surface area (Å²) in [6, 6.07) is 17.0. The van der Waals surface area contributed by atoms with Gasteiger partial charge in [-0.25, -0.2) is 0 Å². The van der Waals surface area contributed by atoms with Crippen LogP contribution in [0.5, 0.6) is 5.75 Å². The second-order valence-electron chi connectivity index (χ2n) is 5.96. The first-order chi connectivity index (χ1) is 10.1. The summed E-state index contributed by atoms with van der Waals surface area (Å²) >= 11 is 2.84. The van der Waals surface area contributed by atoms with E-state index in [0.717, 1.165) is 11.2 Å². The number of fused-ring (bicyclic) bond motifs is 5. The molecule has 102 valence electrons.